The lowest BCUT2D eigenvalue weighted by Gasteiger charge is -2.34. The van der Waals surface area contributed by atoms with Gasteiger partial charge >= 0.3 is 0 Å². The molecule has 0 spiro atoms. The molecule has 2 N–H and O–H groups in total. The van der Waals surface area contributed by atoms with Crippen LogP contribution in [0.2, 0.25) is 0 Å². The fourth-order valence-corrected chi connectivity index (χ4v) is 7.45. The highest BCUT2D eigenvalue weighted by atomic mass is 16.5. The minimum absolute atomic E-state index is 0.160. The molecule has 1 aliphatic heterocycles. The first-order chi connectivity index (χ1) is 20.1. The third-order valence-electron chi connectivity index (χ3n) is 10.9. The standard InChI is InChI=1S/C40H80O3/c1-31(2)17-11-19-33(5)21-13-23-35(7)25-15-29-39(9,41)37-27-28-38(43-37)40(10,42)30-16-26-36(8)24-14-22-34(6)20-12-18-32(3)4/h31-38,41-42H,11-30H2,1-10H3/t33-,34-,35-,36-,37-,38-,39?,40?/m1/s1. The molecule has 0 aromatic heterocycles. The average Bonchev–Trinajstić information content (AvgIpc) is 3.41. The lowest BCUT2D eigenvalue weighted by atomic mass is 9.86. The van der Waals surface area contributed by atoms with E-state index in [9.17, 15) is 10.2 Å². The van der Waals surface area contributed by atoms with Crippen LogP contribution in [0.15, 0.2) is 0 Å². The smallest absolute Gasteiger partial charge is 0.0880 e. The Morgan fingerprint density at radius 3 is 1.00 bits per heavy atom. The Morgan fingerprint density at radius 1 is 0.465 bits per heavy atom. The Bertz CT molecular complexity index is 613. The maximum atomic E-state index is 11.3. The quantitative estimate of drug-likeness (QED) is 0.103. The summed E-state index contributed by atoms with van der Waals surface area (Å²) >= 11 is 0. The molecule has 1 heterocycles. The molecule has 0 aromatic rings. The van der Waals surface area contributed by atoms with E-state index < -0.39 is 11.2 Å². The summed E-state index contributed by atoms with van der Waals surface area (Å²) in [5, 5.41) is 22.6. The van der Waals surface area contributed by atoms with Crippen LogP contribution in [0.3, 0.4) is 0 Å². The summed E-state index contributed by atoms with van der Waals surface area (Å²) < 4.78 is 6.38. The zero-order valence-electron chi connectivity index (χ0n) is 31.1. The van der Waals surface area contributed by atoms with Gasteiger partial charge in [-0.05, 0) is 75.0 Å². The zero-order chi connectivity index (χ0) is 32.5. The van der Waals surface area contributed by atoms with Gasteiger partial charge in [-0.3, -0.25) is 0 Å². The van der Waals surface area contributed by atoms with Gasteiger partial charge in [-0.2, -0.15) is 0 Å². The first-order valence-electron chi connectivity index (χ1n) is 19.2. The van der Waals surface area contributed by atoms with Crippen molar-refractivity contribution in [1.29, 1.82) is 0 Å². The Kier molecular flexibility index (Phi) is 20.6. The highest BCUT2D eigenvalue weighted by Gasteiger charge is 2.44. The van der Waals surface area contributed by atoms with Gasteiger partial charge in [0.15, 0.2) is 0 Å². The van der Waals surface area contributed by atoms with E-state index >= 15 is 0 Å². The maximum absolute atomic E-state index is 11.3. The Labute approximate surface area is 271 Å². The summed E-state index contributed by atoms with van der Waals surface area (Å²) in [5.74, 6) is 4.80. The Morgan fingerprint density at radius 2 is 0.721 bits per heavy atom. The molecule has 258 valence electrons. The van der Waals surface area contributed by atoms with Crippen LogP contribution in [0.5, 0.6) is 0 Å². The lowest BCUT2D eigenvalue weighted by molar-refractivity contribution is -0.147. The monoisotopic (exact) mass is 609 g/mol. The van der Waals surface area contributed by atoms with Gasteiger partial charge in [0.05, 0.1) is 23.4 Å². The lowest BCUT2D eigenvalue weighted by Crippen LogP contribution is -2.44. The summed E-state index contributed by atoms with van der Waals surface area (Å²) in [6.45, 7) is 22.8. The van der Waals surface area contributed by atoms with Gasteiger partial charge in [0.2, 0.25) is 0 Å². The predicted octanol–water partition coefficient (Wildman–Crippen LogP) is 11.9. The van der Waals surface area contributed by atoms with Crippen LogP contribution in [0.1, 0.15) is 198 Å². The van der Waals surface area contributed by atoms with Gasteiger partial charge in [0.1, 0.15) is 0 Å². The van der Waals surface area contributed by atoms with E-state index in [2.05, 4.69) is 55.4 Å². The summed E-state index contributed by atoms with van der Waals surface area (Å²) in [4.78, 5) is 0. The van der Waals surface area contributed by atoms with Gasteiger partial charge in [-0.15, -0.1) is 0 Å². The number of rotatable bonds is 26. The molecule has 3 heteroatoms. The van der Waals surface area contributed by atoms with Gasteiger partial charge < -0.3 is 14.9 Å². The number of hydrogen-bond acceptors (Lipinski definition) is 3. The fourth-order valence-electron chi connectivity index (χ4n) is 7.45. The van der Waals surface area contributed by atoms with Crippen LogP contribution in [0.4, 0.5) is 0 Å². The Hall–Kier alpha value is -0.120. The van der Waals surface area contributed by atoms with E-state index in [4.69, 9.17) is 4.74 Å². The molecule has 8 atom stereocenters. The van der Waals surface area contributed by atoms with Gasteiger partial charge in [-0.25, -0.2) is 0 Å². The number of aliphatic hydroxyl groups is 2. The van der Waals surface area contributed by atoms with Crippen molar-refractivity contribution in [2.24, 2.45) is 35.5 Å². The SMILES string of the molecule is CC(C)CCC[C@@H](C)CCC[C@@H](C)CCCC(C)(O)[C@H]1CC[C@H](C(C)(O)CCC[C@H](C)CCC[C@H](C)CCCC(C)C)O1. The van der Waals surface area contributed by atoms with Gasteiger partial charge in [0, 0.05) is 0 Å². The molecule has 1 aliphatic rings. The van der Waals surface area contributed by atoms with E-state index in [1.54, 1.807) is 0 Å². The predicted molar refractivity (Wildman–Crippen MR) is 189 cm³/mol. The minimum atomic E-state index is -0.810. The van der Waals surface area contributed by atoms with Gasteiger partial charge in [-0.1, -0.05) is 158 Å². The van der Waals surface area contributed by atoms with Gasteiger partial charge in [0.25, 0.3) is 0 Å². The summed E-state index contributed by atoms with van der Waals surface area (Å²) in [5.41, 5.74) is -1.62. The summed E-state index contributed by atoms with van der Waals surface area (Å²) in [6, 6.07) is 0. The van der Waals surface area contributed by atoms with E-state index in [-0.39, 0.29) is 12.2 Å². The van der Waals surface area contributed by atoms with Crippen molar-refractivity contribution >= 4 is 0 Å². The van der Waals surface area contributed by atoms with Crippen molar-refractivity contribution in [2.75, 3.05) is 0 Å². The highest BCUT2D eigenvalue weighted by molar-refractivity contribution is 4.94. The third-order valence-corrected chi connectivity index (χ3v) is 10.9. The second-order valence-corrected chi connectivity index (χ2v) is 17.1. The van der Waals surface area contributed by atoms with E-state index in [1.807, 2.05) is 13.8 Å². The van der Waals surface area contributed by atoms with Crippen LogP contribution in [0, 0.1) is 35.5 Å². The molecule has 0 bridgehead atoms. The molecule has 0 radical (unpaired) electrons. The average molecular weight is 609 g/mol. The first kappa shape index (κ1) is 40.9. The number of ether oxygens (including phenoxy) is 1. The zero-order valence-corrected chi connectivity index (χ0v) is 31.1. The molecule has 1 saturated heterocycles. The molecule has 43 heavy (non-hydrogen) atoms. The van der Waals surface area contributed by atoms with Crippen molar-refractivity contribution in [1.82, 2.24) is 0 Å². The van der Waals surface area contributed by atoms with E-state index in [1.165, 1.54) is 89.9 Å². The molecule has 3 nitrogen and oxygen atoms in total. The largest absolute Gasteiger partial charge is 0.387 e. The summed E-state index contributed by atoms with van der Waals surface area (Å²) in [7, 11) is 0. The normalized spacial score (nSPS) is 23.3. The van der Waals surface area contributed by atoms with Crippen LogP contribution < -0.4 is 0 Å². The molecule has 1 rings (SSSR count). The van der Waals surface area contributed by atoms with Crippen molar-refractivity contribution in [2.45, 2.75) is 221 Å². The van der Waals surface area contributed by atoms with Crippen molar-refractivity contribution < 1.29 is 14.9 Å². The second kappa shape index (κ2) is 21.6. The first-order valence-corrected chi connectivity index (χ1v) is 19.2. The Balaban J connectivity index is 2.24. The molecule has 0 aromatic carbocycles. The molecule has 2 unspecified atom stereocenters. The van der Waals surface area contributed by atoms with Crippen molar-refractivity contribution in [3.63, 3.8) is 0 Å². The van der Waals surface area contributed by atoms with Crippen LogP contribution in [0.25, 0.3) is 0 Å². The second-order valence-electron chi connectivity index (χ2n) is 17.1. The minimum Gasteiger partial charge on any atom is -0.387 e. The number of hydrogen-bond donors (Lipinski definition) is 2. The highest BCUT2D eigenvalue weighted by Crippen LogP contribution is 2.38. The molecule has 0 amide bonds. The van der Waals surface area contributed by atoms with Crippen LogP contribution in [-0.2, 0) is 4.74 Å². The molecule has 1 fully saturated rings. The fraction of sp³-hybridized carbons (Fsp3) is 1.00. The van der Waals surface area contributed by atoms with Crippen LogP contribution >= 0.6 is 0 Å². The molecule has 0 saturated carbocycles. The van der Waals surface area contributed by atoms with E-state index in [0.29, 0.717) is 0 Å². The van der Waals surface area contributed by atoms with Crippen molar-refractivity contribution in [3.8, 4) is 0 Å². The van der Waals surface area contributed by atoms with Crippen LogP contribution in [-0.4, -0.2) is 33.6 Å². The topological polar surface area (TPSA) is 49.7 Å². The van der Waals surface area contributed by atoms with E-state index in [0.717, 1.165) is 74.0 Å². The molecular weight excluding hydrogens is 528 g/mol. The third kappa shape index (κ3) is 19.2. The van der Waals surface area contributed by atoms with Crippen molar-refractivity contribution in [3.05, 3.63) is 0 Å². The maximum Gasteiger partial charge on any atom is 0.0880 e. The molecular formula is C40H80O3. The molecule has 0 aliphatic carbocycles. The summed E-state index contributed by atoms with van der Waals surface area (Å²) in [6.07, 6.45) is 23.6.